The molecule has 5 heteroatoms. The number of nitrogens with zero attached hydrogens (tertiary/aromatic N) is 2. The summed E-state index contributed by atoms with van der Waals surface area (Å²) in [6.45, 7) is 6.01. The normalized spacial score (nSPS) is 15.2. The van der Waals surface area contributed by atoms with E-state index in [1.54, 1.807) is 0 Å². The van der Waals surface area contributed by atoms with Crippen LogP contribution in [0.1, 0.15) is 12.5 Å². The van der Waals surface area contributed by atoms with Gasteiger partial charge in [0.05, 0.1) is 17.3 Å². The van der Waals surface area contributed by atoms with E-state index in [0.29, 0.717) is 6.54 Å². The number of anilines is 2. The summed E-state index contributed by atoms with van der Waals surface area (Å²) in [5.41, 5.74) is 3.20. The molecule has 3 rings (SSSR count). The summed E-state index contributed by atoms with van der Waals surface area (Å²) in [5, 5.41) is 3.76. The highest BCUT2D eigenvalue weighted by Crippen LogP contribution is 2.25. The zero-order valence-corrected chi connectivity index (χ0v) is 15.3. The summed E-state index contributed by atoms with van der Waals surface area (Å²) >= 11 is 6.27. The van der Waals surface area contributed by atoms with Crippen LogP contribution in [0.15, 0.2) is 48.5 Å². The van der Waals surface area contributed by atoms with Crippen molar-refractivity contribution in [3.63, 3.8) is 0 Å². The van der Waals surface area contributed by atoms with Gasteiger partial charge in [-0.15, -0.1) is 0 Å². The van der Waals surface area contributed by atoms with Gasteiger partial charge in [-0.3, -0.25) is 9.69 Å². The molecular formula is C20H24ClN3O. The van der Waals surface area contributed by atoms with Crippen LogP contribution < -0.4 is 10.2 Å². The molecule has 0 spiro atoms. The number of benzene rings is 2. The highest BCUT2D eigenvalue weighted by molar-refractivity contribution is 6.33. The first-order valence-electron chi connectivity index (χ1n) is 8.76. The van der Waals surface area contributed by atoms with Crippen LogP contribution in [0.2, 0.25) is 5.02 Å². The third kappa shape index (κ3) is 4.74. The predicted molar refractivity (Wildman–Crippen MR) is 105 cm³/mol. The average molecular weight is 358 g/mol. The Morgan fingerprint density at radius 1 is 1.04 bits per heavy atom. The molecule has 1 heterocycles. The Bertz CT molecular complexity index is 709. The molecule has 0 bridgehead atoms. The molecule has 25 heavy (non-hydrogen) atoms. The number of amides is 1. The Kier molecular flexibility index (Phi) is 5.95. The molecule has 2 aromatic rings. The lowest BCUT2D eigenvalue weighted by Gasteiger charge is -2.36. The van der Waals surface area contributed by atoms with Crippen molar-refractivity contribution in [3.05, 3.63) is 59.1 Å². The molecule has 0 atom stereocenters. The molecule has 2 aromatic carbocycles. The van der Waals surface area contributed by atoms with Crippen LogP contribution in [0.4, 0.5) is 11.4 Å². The molecule has 1 saturated heterocycles. The van der Waals surface area contributed by atoms with Gasteiger partial charge in [0.1, 0.15) is 0 Å². The van der Waals surface area contributed by atoms with Crippen molar-refractivity contribution in [1.29, 1.82) is 0 Å². The Hall–Kier alpha value is -2.04. The van der Waals surface area contributed by atoms with E-state index in [4.69, 9.17) is 11.6 Å². The number of aryl methyl sites for hydroxylation is 1. The fourth-order valence-electron chi connectivity index (χ4n) is 3.08. The van der Waals surface area contributed by atoms with E-state index in [-0.39, 0.29) is 5.91 Å². The lowest BCUT2D eigenvalue weighted by atomic mass is 10.1. The monoisotopic (exact) mass is 357 g/mol. The van der Waals surface area contributed by atoms with Gasteiger partial charge in [-0.1, -0.05) is 42.8 Å². The zero-order valence-electron chi connectivity index (χ0n) is 14.5. The van der Waals surface area contributed by atoms with Crippen molar-refractivity contribution in [3.8, 4) is 0 Å². The third-order valence-corrected chi connectivity index (χ3v) is 4.90. The molecule has 0 unspecified atom stereocenters. The second-order valence-electron chi connectivity index (χ2n) is 6.31. The smallest absolute Gasteiger partial charge is 0.238 e. The average Bonchev–Trinajstić information content (AvgIpc) is 2.63. The van der Waals surface area contributed by atoms with Gasteiger partial charge in [0, 0.05) is 31.9 Å². The molecule has 1 fully saturated rings. The first kappa shape index (κ1) is 17.8. The number of para-hydroxylation sites is 1. The van der Waals surface area contributed by atoms with Gasteiger partial charge in [-0.2, -0.15) is 0 Å². The maximum atomic E-state index is 12.3. The van der Waals surface area contributed by atoms with Gasteiger partial charge in [0.15, 0.2) is 0 Å². The second kappa shape index (κ2) is 8.37. The van der Waals surface area contributed by atoms with E-state index < -0.39 is 0 Å². The summed E-state index contributed by atoms with van der Waals surface area (Å²) in [4.78, 5) is 16.7. The maximum Gasteiger partial charge on any atom is 0.238 e. The molecule has 132 valence electrons. The molecule has 0 aromatic heterocycles. The Labute approximate surface area is 154 Å². The van der Waals surface area contributed by atoms with Crippen LogP contribution in [0.25, 0.3) is 0 Å². The van der Waals surface area contributed by atoms with E-state index in [1.807, 2.05) is 36.4 Å². The summed E-state index contributed by atoms with van der Waals surface area (Å²) < 4.78 is 0. The number of piperazine rings is 1. The van der Waals surface area contributed by atoms with Crippen LogP contribution in [0, 0.1) is 0 Å². The van der Waals surface area contributed by atoms with Gasteiger partial charge in [0.25, 0.3) is 0 Å². The Morgan fingerprint density at radius 2 is 1.72 bits per heavy atom. The van der Waals surface area contributed by atoms with Gasteiger partial charge >= 0.3 is 0 Å². The standard InChI is InChI=1S/C20H24ClN3O/c1-2-16-7-9-17(10-8-16)22-20(25)15-23-11-13-24(14-12-23)19-6-4-3-5-18(19)21/h3-10H,2,11-15H2,1H3,(H,22,25). The summed E-state index contributed by atoms with van der Waals surface area (Å²) in [6, 6.07) is 15.9. The van der Waals surface area contributed by atoms with Gasteiger partial charge in [0.2, 0.25) is 5.91 Å². The minimum absolute atomic E-state index is 0.0374. The van der Waals surface area contributed by atoms with E-state index in [1.165, 1.54) is 5.56 Å². The van der Waals surface area contributed by atoms with Crippen LogP contribution in [-0.2, 0) is 11.2 Å². The van der Waals surface area contributed by atoms with Gasteiger partial charge < -0.3 is 10.2 Å². The first-order chi connectivity index (χ1) is 12.2. The van der Waals surface area contributed by atoms with E-state index >= 15 is 0 Å². The number of carbonyl (C=O) groups is 1. The van der Waals surface area contributed by atoms with Crippen molar-refractivity contribution in [2.45, 2.75) is 13.3 Å². The Balaban J connectivity index is 1.48. The molecule has 1 aliphatic heterocycles. The highest BCUT2D eigenvalue weighted by atomic mass is 35.5. The molecule has 0 aliphatic carbocycles. The summed E-state index contributed by atoms with van der Waals surface area (Å²) in [6.07, 6.45) is 1.00. The van der Waals surface area contributed by atoms with Crippen LogP contribution >= 0.6 is 11.6 Å². The molecule has 1 N–H and O–H groups in total. The fraction of sp³-hybridized carbons (Fsp3) is 0.350. The van der Waals surface area contributed by atoms with Gasteiger partial charge in [-0.05, 0) is 36.2 Å². The lowest BCUT2D eigenvalue weighted by Crippen LogP contribution is -2.48. The first-order valence-corrected chi connectivity index (χ1v) is 9.14. The molecule has 1 aliphatic rings. The molecule has 0 radical (unpaired) electrons. The van der Waals surface area contributed by atoms with Crippen LogP contribution in [0.3, 0.4) is 0 Å². The number of rotatable bonds is 5. The van der Waals surface area contributed by atoms with E-state index in [2.05, 4.69) is 34.2 Å². The van der Waals surface area contributed by atoms with Crippen molar-refractivity contribution in [1.82, 2.24) is 4.90 Å². The topological polar surface area (TPSA) is 35.6 Å². The van der Waals surface area contributed by atoms with Crippen molar-refractivity contribution in [2.75, 3.05) is 42.9 Å². The Morgan fingerprint density at radius 3 is 2.36 bits per heavy atom. The summed E-state index contributed by atoms with van der Waals surface area (Å²) in [5.74, 6) is 0.0374. The van der Waals surface area contributed by atoms with Crippen LogP contribution in [0.5, 0.6) is 0 Å². The molecular weight excluding hydrogens is 334 g/mol. The summed E-state index contributed by atoms with van der Waals surface area (Å²) in [7, 11) is 0. The van der Waals surface area contributed by atoms with E-state index in [9.17, 15) is 4.79 Å². The number of nitrogens with one attached hydrogen (secondary N) is 1. The maximum absolute atomic E-state index is 12.3. The van der Waals surface area contributed by atoms with Crippen molar-refractivity contribution >= 4 is 28.9 Å². The highest BCUT2D eigenvalue weighted by Gasteiger charge is 2.20. The molecule has 4 nitrogen and oxygen atoms in total. The number of hydrogen-bond donors (Lipinski definition) is 1. The zero-order chi connectivity index (χ0) is 17.6. The minimum Gasteiger partial charge on any atom is -0.368 e. The lowest BCUT2D eigenvalue weighted by molar-refractivity contribution is -0.117. The SMILES string of the molecule is CCc1ccc(NC(=O)CN2CCN(c3ccccc3Cl)CC2)cc1. The minimum atomic E-state index is 0.0374. The van der Waals surface area contributed by atoms with E-state index in [0.717, 1.165) is 49.0 Å². The fourth-order valence-corrected chi connectivity index (χ4v) is 3.34. The van der Waals surface area contributed by atoms with Crippen molar-refractivity contribution in [2.24, 2.45) is 0 Å². The molecule has 0 saturated carbocycles. The number of carbonyl (C=O) groups excluding carboxylic acids is 1. The third-order valence-electron chi connectivity index (χ3n) is 4.58. The second-order valence-corrected chi connectivity index (χ2v) is 6.72. The predicted octanol–water partition coefficient (Wildman–Crippen LogP) is 3.66. The quantitative estimate of drug-likeness (QED) is 0.887. The van der Waals surface area contributed by atoms with Gasteiger partial charge in [-0.25, -0.2) is 0 Å². The number of hydrogen-bond acceptors (Lipinski definition) is 3. The van der Waals surface area contributed by atoms with Crippen LogP contribution in [-0.4, -0.2) is 43.5 Å². The number of halogens is 1. The molecule has 1 amide bonds. The van der Waals surface area contributed by atoms with Crippen molar-refractivity contribution < 1.29 is 4.79 Å². The largest absolute Gasteiger partial charge is 0.368 e.